The Bertz CT molecular complexity index is 239. The molecule has 10 heavy (non-hydrogen) atoms. The van der Waals surface area contributed by atoms with Crippen molar-refractivity contribution in [3.63, 3.8) is 0 Å². The average molecular weight is 138 g/mol. The van der Waals surface area contributed by atoms with Gasteiger partial charge < -0.3 is 5.43 Å². The van der Waals surface area contributed by atoms with Crippen molar-refractivity contribution in [1.82, 2.24) is 0 Å². The van der Waals surface area contributed by atoms with Crippen molar-refractivity contribution in [1.29, 1.82) is 0 Å². The van der Waals surface area contributed by atoms with Gasteiger partial charge in [0.1, 0.15) is 13.7 Å². The third kappa shape index (κ3) is 1.27. The van der Waals surface area contributed by atoms with Crippen molar-refractivity contribution in [2.75, 3.05) is 5.43 Å². The molecule has 52 valence electrons. The molecule has 3 N–H and O–H groups in total. The van der Waals surface area contributed by atoms with Crippen LogP contribution in [0.2, 0.25) is 0 Å². The lowest BCUT2D eigenvalue weighted by Gasteiger charge is -2.02. The molecule has 4 heteroatoms. The monoisotopic (exact) mass is 138 g/mol. The lowest BCUT2D eigenvalue weighted by Crippen LogP contribution is -2.17. The Balaban J connectivity index is 3.09. The first-order valence-corrected chi connectivity index (χ1v) is 2.97. The van der Waals surface area contributed by atoms with E-state index in [1.165, 1.54) is 12.1 Å². The third-order valence-electron chi connectivity index (χ3n) is 1.36. The first kappa shape index (κ1) is 7.09. The summed E-state index contributed by atoms with van der Waals surface area (Å²) in [6, 6.07) is 4.43. The molecule has 1 aromatic carbocycles. The van der Waals surface area contributed by atoms with Crippen molar-refractivity contribution in [2.45, 2.75) is 0 Å². The summed E-state index contributed by atoms with van der Waals surface area (Å²) in [6.07, 6.45) is 0. The highest BCUT2D eigenvalue weighted by Crippen LogP contribution is 2.03. The average Bonchev–Trinajstić information content (AvgIpc) is 1.94. The predicted molar refractivity (Wildman–Crippen MR) is 42.4 cm³/mol. The minimum absolute atomic E-state index is 0.279. The van der Waals surface area contributed by atoms with Crippen LogP contribution in [0.25, 0.3) is 0 Å². The van der Waals surface area contributed by atoms with Crippen LogP contribution in [0, 0.1) is 5.82 Å². The molecule has 1 aromatic rings. The number of halogens is 1. The first-order chi connectivity index (χ1) is 4.74. The number of benzene rings is 1. The molecule has 0 unspecified atom stereocenters. The SMILES string of the molecule is Bc1ccc(F)cc1NN. The number of hydrazine groups is 1. The molecule has 0 aliphatic rings. The maximum absolute atomic E-state index is 12.4. The highest BCUT2D eigenvalue weighted by atomic mass is 19.1. The zero-order valence-electron chi connectivity index (χ0n) is 5.69. The summed E-state index contributed by atoms with van der Waals surface area (Å²) in [4.78, 5) is 0. The Morgan fingerprint density at radius 2 is 2.20 bits per heavy atom. The molecule has 0 spiro atoms. The van der Waals surface area contributed by atoms with E-state index < -0.39 is 0 Å². The first-order valence-electron chi connectivity index (χ1n) is 2.97. The van der Waals surface area contributed by atoms with E-state index in [0.717, 1.165) is 5.46 Å². The van der Waals surface area contributed by atoms with Gasteiger partial charge in [0.05, 0.1) is 0 Å². The summed E-state index contributed by atoms with van der Waals surface area (Å²) in [7, 11) is 1.86. The number of nitrogens with one attached hydrogen (secondary N) is 1. The molecule has 2 nitrogen and oxygen atoms in total. The molecule has 0 saturated carbocycles. The molecule has 0 amide bonds. The van der Waals surface area contributed by atoms with E-state index in [2.05, 4.69) is 5.43 Å². The minimum Gasteiger partial charge on any atom is -0.325 e. The summed E-state index contributed by atoms with van der Waals surface area (Å²) >= 11 is 0. The van der Waals surface area contributed by atoms with Crippen LogP contribution in [-0.2, 0) is 0 Å². The lowest BCUT2D eigenvalue weighted by molar-refractivity contribution is 0.628. The Hall–Kier alpha value is -1.03. The van der Waals surface area contributed by atoms with E-state index in [1.54, 1.807) is 6.07 Å². The zero-order valence-corrected chi connectivity index (χ0v) is 5.69. The van der Waals surface area contributed by atoms with Crippen LogP contribution in [0.4, 0.5) is 10.1 Å². The molecule has 0 heterocycles. The van der Waals surface area contributed by atoms with Crippen molar-refractivity contribution in [3.05, 3.63) is 24.0 Å². The standard InChI is InChI=1S/C6H8BFN2/c7-5-2-1-4(8)3-6(5)10-9/h1-3,10H,7,9H2. The van der Waals surface area contributed by atoms with Gasteiger partial charge in [-0.2, -0.15) is 0 Å². The molecule has 0 fully saturated rings. The number of hydrogen-bond acceptors (Lipinski definition) is 2. The molecule has 0 saturated heterocycles. The van der Waals surface area contributed by atoms with E-state index >= 15 is 0 Å². The maximum Gasteiger partial charge on any atom is 0.142 e. The van der Waals surface area contributed by atoms with E-state index in [4.69, 9.17) is 5.84 Å². The smallest absolute Gasteiger partial charge is 0.142 e. The molecule has 0 aliphatic heterocycles. The highest BCUT2D eigenvalue weighted by molar-refractivity contribution is 6.35. The minimum atomic E-state index is -0.279. The van der Waals surface area contributed by atoms with Crippen molar-refractivity contribution < 1.29 is 4.39 Å². The second-order valence-corrected chi connectivity index (χ2v) is 2.10. The second-order valence-electron chi connectivity index (χ2n) is 2.10. The van der Waals surface area contributed by atoms with Gasteiger partial charge in [0.15, 0.2) is 0 Å². The quantitative estimate of drug-likeness (QED) is 0.308. The predicted octanol–water partition coefficient (Wildman–Crippen LogP) is -0.630. The molecular weight excluding hydrogens is 130 g/mol. The van der Waals surface area contributed by atoms with Gasteiger partial charge in [-0.15, -0.1) is 0 Å². The van der Waals surface area contributed by atoms with Crippen LogP contribution in [0.5, 0.6) is 0 Å². The molecule has 0 aromatic heterocycles. The fraction of sp³-hybridized carbons (Fsp3) is 0. The summed E-state index contributed by atoms with van der Waals surface area (Å²) in [5, 5.41) is 0. The molecule has 0 bridgehead atoms. The Morgan fingerprint density at radius 3 is 2.70 bits per heavy atom. The van der Waals surface area contributed by atoms with Gasteiger partial charge in [-0.1, -0.05) is 11.5 Å². The summed E-state index contributed by atoms with van der Waals surface area (Å²) < 4.78 is 12.4. The van der Waals surface area contributed by atoms with Gasteiger partial charge in [0, 0.05) is 5.69 Å². The Kier molecular flexibility index (Phi) is 1.92. The van der Waals surface area contributed by atoms with Crippen LogP contribution in [0.15, 0.2) is 18.2 Å². The largest absolute Gasteiger partial charge is 0.325 e. The van der Waals surface area contributed by atoms with Gasteiger partial charge >= 0.3 is 0 Å². The van der Waals surface area contributed by atoms with Gasteiger partial charge in [-0.25, -0.2) is 4.39 Å². The molecule has 0 aliphatic carbocycles. The zero-order chi connectivity index (χ0) is 7.56. The van der Waals surface area contributed by atoms with Gasteiger partial charge in [0.2, 0.25) is 0 Å². The van der Waals surface area contributed by atoms with Crippen LogP contribution in [-0.4, -0.2) is 7.85 Å². The fourth-order valence-electron chi connectivity index (χ4n) is 0.750. The van der Waals surface area contributed by atoms with Gasteiger partial charge in [-0.05, 0) is 12.1 Å². The van der Waals surface area contributed by atoms with E-state index in [0.29, 0.717) is 5.69 Å². The number of nitrogens with two attached hydrogens (primary N) is 1. The van der Waals surface area contributed by atoms with Crippen LogP contribution in [0.1, 0.15) is 0 Å². The molecule has 0 radical (unpaired) electrons. The normalized spacial score (nSPS) is 9.40. The summed E-state index contributed by atoms with van der Waals surface area (Å²) in [5.74, 6) is 4.82. The Morgan fingerprint density at radius 1 is 1.50 bits per heavy atom. The van der Waals surface area contributed by atoms with Crippen molar-refractivity contribution in [2.24, 2.45) is 5.84 Å². The molecule has 1 rings (SSSR count). The molecule has 0 atom stereocenters. The topological polar surface area (TPSA) is 38.0 Å². The Labute approximate surface area is 59.6 Å². The summed E-state index contributed by atoms with van der Waals surface area (Å²) in [5.41, 5.74) is 3.96. The maximum atomic E-state index is 12.4. The van der Waals surface area contributed by atoms with Crippen LogP contribution < -0.4 is 16.7 Å². The summed E-state index contributed by atoms with van der Waals surface area (Å²) in [6.45, 7) is 0. The third-order valence-corrected chi connectivity index (χ3v) is 1.36. The lowest BCUT2D eigenvalue weighted by atomic mass is 9.94. The fourth-order valence-corrected chi connectivity index (χ4v) is 0.750. The van der Waals surface area contributed by atoms with E-state index in [-0.39, 0.29) is 5.82 Å². The van der Waals surface area contributed by atoms with Crippen molar-refractivity contribution in [3.8, 4) is 0 Å². The second kappa shape index (κ2) is 2.71. The van der Waals surface area contributed by atoms with Gasteiger partial charge in [-0.3, -0.25) is 5.84 Å². The molecular formula is C6H8BFN2. The van der Waals surface area contributed by atoms with Crippen LogP contribution >= 0.6 is 0 Å². The van der Waals surface area contributed by atoms with E-state index in [1.807, 2.05) is 7.85 Å². The number of rotatable bonds is 1. The number of nitrogen functional groups attached to an aromatic ring is 1. The number of hydrogen-bond donors (Lipinski definition) is 2. The van der Waals surface area contributed by atoms with Crippen molar-refractivity contribution >= 4 is 19.0 Å². The van der Waals surface area contributed by atoms with Gasteiger partial charge in [0.25, 0.3) is 0 Å². The highest BCUT2D eigenvalue weighted by Gasteiger charge is 1.95. The van der Waals surface area contributed by atoms with Crippen LogP contribution in [0.3, 0.4) is 0 Å². The van der Waals surface area contributed by atoms with E-state index in [9.17, 15) is 4.39 Å². The number of anilines is 1.